The van der Waals surface area contributed by atoms with Gasteiger partial charge >= 0.3 is 0 Å². The van der Waals surface area contributed by atoms with Crippen molar-refractivity contribution in [2.24, 2.45) is 12.8 Å². The summed E-state index contributed by atoms with van der Waals surface area (Å²) in [6.07, 6.45) is 2.79. The fourth-order valence-electron chi connectivity index (χ4n) is 2.11. The zero-order valence-electron chi connectivity index (χ0n) is 11.1. The van der Waals surface area contributed by atoms with E-state index >= 15 is 0 Å². The standard InChI is InChI=1S/C14H19N3O/c1-10-4-5-14(18-3)11(8-10)12-9-17(2)16-13(12)6-7-15/h4-5,8-9H,6-7,15H2,1-3H3. The lowest BCUT2D eigenvalue weighted by molar-refractivity contribution is 0.416. The van der Waals surface area contributed by atoms with E-state index in [4.69, 9.17) is 10.5 Å². The van der Waals surface area contributed by atoms with E-state index in [1.54, 1.807) is 7.11 Å². The second kappa shape index (κ2) is 5.23. The Balaban J connectivity index is 2.56. The van der Waals surface area contributed by atoms with Crippen LogP contribution in [-0.4, -0.2) is 23.4 Å². The third-order valence-corrected chi connectivity index (χ3v) is 2.93. The molecule has 2 aromatic rings. The molecule has 96 valence electrons. The van der Waals surface area contributed by atoms with E-state index in [1.165, 1.54) is 5.56 Å². The van der Waals surface area contributed by atoms with Crippen LogP contribution in [0.4, 0.5) is 0 Å². The largest absolute Gasteiger partial charge is 0.496 e. The first-order valence-electron chi connectivity index (χ1n) is 6.03. The quantitative estimate of drug-likeness (QED) is 0.895. The van der Waals surface area contributed by atoms with Crippen molar-refractivity contribution in [1.29, 1.82) is 0 Å². The molecule has 0 aliphatic rings. The summed E-state index contributed by atoms with van der Waals surface area (Å²) in [6, 6.07) is 6.15. The van der Waals surface area contributed by atoms with Gasteiger partial charge in [-0.1, -0.05) is 11.6 Å². The van der Waals surface area contributed by atoms with Gasteiger partial charge in [0.25, 0.3) is 0 Å². The Labute approximate surface area is 107 Å². The van der Waals surface area contributed by atoms with Crippen molar-refractivity contribution in [3.63, 3.8) is 0 Å². The van der Waals surface area contributed by atoms with Crippen LogP contribution >= 0.6 is 0 Å². The van der Waals surface area contributed by atoms with Crippen LogP contribution in [0.1, 0.15) is 11.3 Å². The predicted molar refractivity (Wildman–Crippen MR) is 72.7 cm³/mol. The van der Waals surface area contributed by atoms with Crippen LogP contribution in [0.15, 0.2) is 24.4 Å². The summed E-state index contributed by atoms with van der Waals surface area (Å²) in [5.74, 6) is 0.867. The number of nitrogens with zero attached hydrogens (tertiary/aromatic N) is 2. The van der Waals surface area contributed by atoms with Gasteiger partial charge in [-0.2, -0.15) is 5.10 Å². The Kier molecular flexibility index (Phi) is 3.67. The number of hydrogen-bond acceptors (Lipinski definition) is 3. The highest BCUT2D eigenvalue weighted by Gasteiger charge is 2.13. The number of rotatable bonds is 4. The van der Waals surface area contributed by atoms with Crippen LogP contribution < -0.4 is 10.5 Å². The fourth-order valence-corrected chi connectivity index (χ4v) is 2.11. The number of hydrogen-bond donors (Lipinski definition) is 1. The van der Waals surface area contributed by atoms with Crippen molar-refractivity contribution in [3.8, 4) is 16.9 Å². The maximum absolute atomic E-state index is 5.64. The molecule has 0 amide bonds. The van der Waals surface area contributed by atoms with E-state index < -0.39 is 0 Å². The first-order chi connectivity index (χ1) is 8.65. The Morgan fingerprint density at radius 1 is 1.33 bits per heavy atom. The molecular weight excluding hydrogens is 226 g/mol. The Hall–Kier alpha value is -1.81. The second-order valence-electron chi connectivity index (χ2n) is 4.41. The van der Waals surface area contributed by atoms with Crippen LogP contribution in [0.5, 0.6) is 5.75 Å². The van der Waals surface area contributed by atoms with Crippen molar-refractivity contribution >= 4 is 0 Å². The van der Waals surface area contributed by atoms with Crippen molar-refractivity contribution in [2.75, 3.05) is 13.7 Å². The van der Waals surface area contributed by atoms with Gasteiger partial charge in [0.15, 0.2) is 0 Å². The average molecular weight is 245 g/mol. The molecule has 0 fully saturated rings. The van der Waals surface area contributed by atoms with Gasteiger partial charge in [-0.15, -0.1) is 0 Å². The third kappa shape index (κ3) is 2.38. The van der Waals surface area contributed by atoms with Crippen LogP contribution in [0.2, 0.25) is 0 Å². The minimum atomic E-state index is 0.595. The Morgan fingerprint density at radius 3 is 2.78 bits per heavy atom. The summed E-state index contributed by atoms with van der Waals surface area (Å²) >= 11 is 0. The lowest BCUT2D eigenvalue weighted by Crippen LogP contribution is -2.04. The SMILES string of the molecule is COc1ccc(C)cc1-c1cn(C)nc1CCN. The molecule has 0 radical (unpaired) electrons. The maximum atomic E-state index is 5.64. The number of ether oxygens (including phenoxy) is 1. The normalized spacial score (nSPS) is 10.7. The van der Waals surface area contributed by atoms with Gasteiger partial charge in [-0.25, -0.2) is 0 Å². The molecule has 1 aromatic heterocycles. The molecule has 0 unspecified atom stereocenters. The van der Waals surface area contributed by atoms with Crippen molar-refractivity contribution < 1.29 is 4.74 Å². The molecule has 0 spiro atoms. The molecule has 0 atom stereocenters. The third-order valence-electron chi connectivity index (χ3n) is 2.93. The van der Waals surface area contributed by atoms with E-state index in [-0.39, 0.29) is 0 Å². The highest BCUT2D eigenvalue weighted by molar-refractivity contribution is 5.72. The summed E-state index contributed by atoms with van der Waals surface area (Å²) in [6.45, 7) is 2.67. The molecule has 2 N–H and O–H groups in total. The summed E-state index contributed by atoms with van der Waals surface area (Å²) in [5, 5.41) is 4.46. The first-order valence-corrected chi connectivity index (χ1v) is 6.03. The molecular formula is C14H19N3O. The first kappa shape index (κ1) is 12.6. The molecule has 0 bridgehead atoms. The molecule has 4 heteroatoms. The van der Waals surface area contributed by atoms with Crippen LogP contribution in [-0.2, 0) is 13.5 Å². The number of benzene rings is 1. The highest BCUT2D eigenvalue weighted by atomic mass is 16.5. The van der Waals surface area contributed by atoms with Crippen LogP contribution in [0, 0.1) is 6.92 Å². The topological polar surface area (TPSA) is 53.1 Å². The van der Waals surface area contributed by atoms with Gasteiger partial charge in [-0.05, 0) is 25.6 Å². The van der Waals surface area contributed by atoms with Crippen molar-refractivity contribution in [3.05, 3.63) is 35.7 Å². The van der Waals surface area contributed by atoms with Crippen LogP contribution in [0.3, 0.4) is 0 Å². The fraction of sp³-hybridized carbons (Fsp3) is 0.357. The van der Waals surface area contributed by atoms with Gasteiger partial charge < -0.3 is 10.5 Å². The minimum absolute atomic E-state index is 0.595. The Bertz CT molecular complexity index is 546. The van der Waals surface area contributed by atoms with Gasteiger partial charge in [0, 0.05) is 30.8 Å². The highest BCUT2D eigenvalue weighted by Crippen LogP contribution is 2.32. The molecule has 0 saturated heterocycles. The van der Waals surface area contributed by atoms with Crippen molar-refractivity contribution in [1.82, 2.24) is 9.78 Å². The number of aryl methyl sites for hydroxylation is 2. The maximum Gasteiger partial charge on any atom is 0.126 e. The lowest BCUT2D eigenvalue weighted by Gasteiger charge is -2.09. The summed E-state index contributed by atoms with van der Waals surface area (Å²) < 4.78 is 7.25. The van der Waals surface area contributed by atoms with Gasteiger partial charge in [0.1, 0.15) is 5.75 Å². The smallest absolute Gasteiger partial charge is 0.126 e. The number of nitrogens with two attached hydrogens (primary N) is 1. The minimum Gasteiger partial charge on any atom is -0.496 e. The summed E-state index contributed by atoms with van der Waals surface area (Å²) in [7, 11) is 3.61. The van der Waals surface area contributed by atoms with E-state index in [2.05, 4.69) is 18.1 Å². The molecule has 1 heterocycles. The lowest BCUT2D eigenvalue weighted by atomic mass is 10.0. The van der Waals surface area contributed by atoms with Crippen LogP contribution in [0.25, 0.3) is 11.1 Å². The van der Waals surface area contributed by atoms with Gasteiger partial charge in [-0.3, -0.25) is 4.68 Å². The van der Waals surface area contributed by atoms with E-state index in [1.807, 2.05) is 30.1 Å². The average Bonchev–Trinajstić information content (AvgIpc) is 2.71. The summed E-state index contributed by atoms with van der Waals surface area (Å²) in [4.78, 5) is 0. The Morgan fingerprint density at radius 2 is 2.11 bits per heavy atom. The number of aromatic nitrogens is 2. The summed E-state index contributed by atoms with van der Waals surface area (Å²) in [5.41, 5.74) is 10.0. The molecule has 0 saturated carbocycles. The van der Waals surface area contributed by atoms with E-state index in [0.717, 1.165) is 29.0 Å². The number of methoxy groups -OCH3 is 1. The van der Waals surface area contributed by atoms with Gasteiger partial charge in [0.05, 0.1) is 12.8 Å². The molecule has 2 rings (SSSR count). The molecule has 4 nitrogen and oxygen atoms in total. The monoisotopic (exact) mass is 245 g/mol. The molecule has 1 aromatic carbocycles. The molecule has 0 aliphatic heterocycles. The predicted octanol–water partition coefficient (Wildman–Crippen LogP) is 1.91. The zero-order valence-corrected chi connectivity index (χ0v) is 11.1. The molecule has 0 aliphatic carbocycles. The second-order valence-corrected chi connectivity index (χ2v) is 4.41. The van der Waals surface area contributed by atoms with E-state index in [0.29, 0.717) is 6.54 Å². The van der Waals surface area contributed by atoms with Gasteiger partial charge in [0.2, 0.25) is 0 Å². The van der Waals surface area contributed by atoms with E-state index in [9.17, 15) is 0 Å². The molecule has 18 heavy (non-hydrogen) atoms. The zero-order chi connectivity index (χ0) is 13.1. The van der Waals surface area contributed by atoms with Crippen molar-refractivity contribution in [2.45, 2.75) is 13.3 Å².